The van der Waals surface area contributed by atoms with Crippen LogP contribution in [0.15, 0.2) is 0 Å². The molecule has 0 aliphatic heterocycles. The number of thioether (sulfide) groups is 1. The maximum absolute atomic E-state index is 3.47. The lowest BCUT2D eigenvalue weighted by Gasteiger charge is -2.09. The molecule has 1 atom stereocenters. The fourth-order valence-corrected chi connectivity index (χ4v) is 1.52. The number of hydrogen-bond donors (Lipinski definition) is 1. The van der Waals surface area contributed by atoms with Crippen LogP contribution in [0.1, 0.15) is 33.6 Å². The minimum Gasteiger partial charge on any atom is -0.313 e. The number of hydrogen-bond acceptors (Lipinski definition) is 2. The quantitative estimate of drug-likeness (QED) is 0.597. The highest BCUT2D eigenvalue weighted by atomic mass is 32.2. The van der Waals surface area contributed by atoms with Crippen LogP contribution in [0.4, 0.5) is 0 Å². The largest absolute Gasteiger partial charge is 0.313 e. The van der Waals surface area contributed by atoms with Crippen molar-refractivity contribution in [3.05, 3.63) is 0 Å². The van der Waals surface area contributed by atoms with Gasteiger partial charge in [0.2, 0.25) is 0 Å². The van der Waals surface area contributed by atoms with Crippen molar-refractivity contribution in [1.29, 1.82) is 0 Å². The molecule has 0 saturated heterocycles. The Hall–Kier alpha value is 0.310. The Morgan fingerprint density at radius 2 is 2.00 bits per heavy atom. The molecule has 0 aromatic carbocycles. The minimum atomic E-state index is 0.692. The molecule has 0 aromatic rings. The van der Waals surface area contributed by atoms with Gasteiger partial charge in [0, 0.05) is 18.3 Å². The minimum absolute atomic E-state index is 0.692. The normalized spacial score (nSPS) is 13.4. The zero-order valence-corrected chi connectivity index (χ0v) is 8.84. The van der Waals surface area contributed by atoms with E-state index in [0.29, 0.717) is 6.04 Å². The van der Waals surface area contributed by atoms with Gasteiger partial charge in [0.15, 0.2) is 0 Å². The molecule has 68 valence electrons. The molecule has 0 aromatic heterocycles. The van der Waals surface area contributed by atoms with Gasteiger partial charge in [0.1, 0.15) is 0 Å². The van der Waals surface area contributed by atoms with Crippen molar-refractivity contribution in [2.24, 2.45) is 0 Å². The van der Waals surface area contributed by atoms with Crippen molar-refractivity contribution in [3.63, 3.8) is 0 Å². The highest BCUT2D eigenvalue weighted by Crippen LogP contribution is 2.00. The van der Waals surface area contributed by atoms with Gasteiger partial charge < -0.3 is 5.32 Å². The van der Waals surface area contributed by atoms with Crippen LogP contribution in [0.25, 0.3) is 0 Å². The van der Waals surface area contributed by atoms with Gasteiger partial charge in [-0.05, 0) is 25.5 Å². The van der Waals surface area contributed by atoms with Gasteiger partial charge >= 0.3 is 0 Å². The summed E-state index contributed by atoms with van der Waals surface area (Å²) in [6.07, 6.45) is 2.53. The molecule has 0 bridgehead atoms. The molecular formula is C9H21NS. The smallest absolute Gasteiger partial charge is 0.00581 e. The monoisotopic (exact) mass is 175 g/mol. The van der Waals surface area contributed by atoms with Crippen molar-refractivity contribution in [2.75, 3.05) is 18.1 Å². The van der Waals surface area contributed by atoms with Crippen LogP contribution in [0.5, 0.6) is 0 Å². The van der Waals surface area contributed by atoms with Crippen LogP contribution in [0.2, 0.25) is 0 Å². The molecule has 0 fully saturated rings. The first-order chi connectivity index (χ1) is 5.31. The molecule has 0 radical (unpaired) electrons. The first-order valence-electron chi connectivity index (χ1n) is 4.62. The summed E-state index contributed by atoms with van der Waals surface area (Å²) in [6.45, 7) is 7.86. The van der Waals surface area contributed by atoms with E-state index in [2.05, 4.69) is 26.1 Å². The van der Waals surface area contributed by atoms with Crippen molar-refractivity contribution >= 4 is 11.8 Å². The van der Waals surface area contributed by atoms with E-state index in [1.165, 1.54) is 30.9 Å². The van der Waals surface area contributed by atoms with E-state index in [9.17, 15) is 0 Å². The SMILES string of the molecule is CCCSCCNC(C)CC. The van der Waals surface area contributed by atoms with Gasteiger partial charge in [-0.25, -0.2) is 0 Å². The summed E-state index contributed by atoms with van der Waals surface area (Å²) in [4.78, 5) is 0. The molecule has 1 nitrogen and oxygen atoms in total. The fraction of sp³-hybridized carbons (Fsp3) is 1.00. The van der Waals surface area contributed by atoms with Crippen molar-refractivity contribution < 1.29 is 0 Å². The van der Waals surface area contributed by atoms with Crippen LogP contribution in [0, 0.1) is 0 Å². The zero-order valence-electron chi connectivity index (χ0n) is 8.02. The standard InChI is InChI=1S/C9H21NS/c1-4-7-11-8-6-10-9(3)5-2/h9-10H,4-8H2,1-3H3. The molecule has 1 N–H and O–H groups in total. The molecule has 0 amide bonds. The first-order valence-corrected chi connectivity index (χ1v) is 5.77. The Morgan fingerprint density at radius 3 is 2.55 bits per heavy atom. The summed E-state index contributed by atoms with van der Waals surface area (Å²) < 4.78 is 0. The molecule has 0 heterocycles. The van der Waals surface area contributed by atoms with Crippen LogP contribution >= 0.6 is 11.8 Å². The van der Waals surface area contributed by atoms with E-state index in [-0.39, 0.29) is 0 Å². The third-order valence-electron chi connectivity index (χ3n) is 1.70. The molecule has 11 heavy (non-hydrogen) atoms. The highest BCUT2D eigenvalue weighted by molar-refractivity contribution is 7.99. The second kappa shape index (κ2) is 8.41. The van der Waals surface area contributed by atoms with Crippen LogP contribution < -0.4 is 5.32 Å². The molecule has 2 heteroatoms. The van der Waals surface area contributed by atoms with Crippen molar-refractivity contribution in [2.45, 2.75) is 39.7 Å². The lowest BCUT2D eigenvalue weighted by atomic mass is 10.3. The van der Waals surface area contributed by atoms with E-state index in [1.807, 2.05) is 11.8 Å². The van der Waals surface area contributed by atoms with Gasteiger partial charge in [-0.2, -0.15) is 11.8 Å². The third-order valence-corrected chi connectivity index (χ3v) is 2.89. The average molecular weight is 175 g/mol. The topological polar surface area (TPSA) is 12.0 Å². The number of nitrogens with one attached hydrogen (secondary N) is 1. The van der Waals surface area contributed by atoms with Crippen LogP contribution in [-0.2, 0) is 0 Å². The second-order valence-corrected chi connectivity index (χ2v) is 4.10. The Morgan fingerprint density at radius 1 is 1.27 bits per heavy atom. The molecular weight excluding hydrogens is 154 g/mol. The van der Waals surface area contributed by atoms with Gasteiger partial charge in [-0.3, -0.25) is 0 Å². The van der Waals surface area contributed by atoms with Gasteiger partial charge in [0.05, 0.1) is 0 Å². The summed E-state index contributed by atoms with van der Waals surface area (Å²) in [5.74, 6) is 2.57. The molecule has 0 rings (SSSR count). The fourth-order valence-electron chi connectivity index (χ4n) is 0.768. The molecule has 0 aliphatic rings. The van der Waals surface area contributed by atoms with Gasteiger partial charge in [-0.15, -0.1) is 0 Å². The van der Waals surface area contributed by atoms with Crippen molar-refractivity contribution in [1.82, 2.24) is 5.32 Å². The van der Waals surface area contributed by atoms with Crippen LogP contribution in [0.3, 0.4) is 0 Å². The molecule has 0 saturated carbocycles. The molecule has 1 unspecified atom stereocenters. The van der Waals surface area contributed by atoms with Crippen LogP contribution in [-0.4, -0.2) is 24.1 Å². The van der Waals surface area contributed by atoms with Crippen molar-refractivity contribution in [3.8, 4) is 0 Å². The highest BCUT2D eigenvalue weighted by Gasteiger charge is 1.94. The lowest BCUT2D eigenvalue weighted by molar-refractivity contribution is 0.555. The maximum atomic E-state index is 3.47. The average Bonchev–Trinajstić information content (AvgIpc) is 2.04. The van der Waals surface area contributed by atoms with E-state index < -0.39 is 0 Å². The number of rotatable bonds is 7. The Labute approximate surface area is 75.3 Å². The summed E-state index contributed by atoms with van der Waals surface area (Å²) >= 11 is 2.04. The van der Waals surface area contributed by atoms with E-state index in [1.54, 1.807) is 0 Å². The third kappa shape index (κ3) is 8.21. The zero-order chi connectivity index (χ0) is 8.53. The van der Waals surface area contributed by atoms with Gasteiger partial charge in [-0.1, -0.05) is 13.8 Å². The Balaban J connectivity index is 2.89. The first kappa shape index (κ1) is 11.3. The van der Waals surface area contributed by atoms with E-state index >= 15 is 0 Å². The summed E-state index contributed by atoms with van der Waals surface area (Å²) in [7, 11) is 0. The summed E-state index contributed by atoms with van der Waals surface area (Å²) in [5, 5.41) is 3.47. The maximum Gasteiger partial charge on any atom is 0.00581 e. The van der Waals surface area contributed by atoms with E-state index in [4.69, 9.17) is 0 Å². The second-order valence-electron chi connectivity index (χ2n) is 2.88. The molecule has 0 spiro atoms. The van der Waals surface area contributed by atoms with Gasteiger partial charge in [0.25, 0.3) is 0 Å². The van der Waals surface area contributed by atoms with E-state index in [0.717, 1.165) is 0 Å². The summed E-state index contributed by atoms with van der Waals surface area (Å²) in [6, 6.07) is 0.692. The Bertz CT molecular complexity index is 76.0. The predicted octanol–water partition coefficient (Wildman–Crippen LogP) is 2.52. The molecule has 0 aliphatic carbocycles. The predicted molar refractivity (Wildman–Crippen MR) is 55.4 cm³/mol. The Kier molecular flexibility index (Phi) is 8.64. The summed E-state index contributed by atoms with van der Waals surface area (Å²) in [5.41, 5.74) is 0. The lowest BCUT2D eigenvalue weighted by Crippen LogP contribution is -2.27.